The van der Waals surface area contributed by atoms with Crippen LogP contribution in [0.2, 0.25) is 0 Å². The minimum atomic E-state index is 0.186. The first-order valence-corrected chi connectivity index (χ1v) is 9.89. The molecule has 5 heteroatoms. The smallest absolute Gasteiger partial charge is 0.231 e. The molecule has 0 bridgehead atoms. The summed E-state index contributed by atoms with van der Waals surface area (Å²) in [5.74, 6) is 2.43. The van der Waals surface area contributed by atoms with Gasteiger partial charge in [-0.1, -0.05) is 19.3 Å². The number of nitrogens with zero attached hydrogens (tertiary/aromatic N) is 2. The molecule has 0 saturated heterocycles. The van der Waals surface area contributed by atoms with Crippen molar-refractivity contribution in [3.63, 3.8) is 0 Å². The predicted octanol–water partition coefficient (Wildman–Crippen LogP) is 4.74. The average Bonchev–Trinajstić information content (AvgIpc) is 3.18. The fraction of sp³-hybridized carbons (Fsp3) is 0.579. The molecule has 4 nitrogen and oxygen atoms in total. The molecule has 0 aliphatic heterocycles. The molecule has 2 aromatic rings. The highest BCUT2D eigenvalue weighted by Gasteiger charge is 2.30. The van der Waals surface area contributed by atoms with Gasteiger partial charge in [0.15, 0.2) is 5.13 Å². The third-order valence-corrected chi connectivity index (χ3v) is 6.36. The maximum Gasteiger partial charge on any atom is 0.231 e. The first-order valence-electron chi connectivity index (χ1n) is 9.08. The van der Waals surface area contributed by atoms with Crippen LogP contribution in [0.4, 0.5) is 5.13 Å². The Labute approximate surface area is 146 Å². The van der Waals surface area contributed by atoms with Crippen molar-refractivity contribution < 1.29 is 9.21 Å². The van der Waals surface area contributed by atoms with Gasteiger partial charge in [0.2, 0.25) is 5.91 Å². The molecule has 1 amide bonds. The second-order valence-corrected chi connectivity index (χ2v) is 7.94. The molecule has 2 aliphatic rings. The Morgan fingerprint density at radius 1 is 1.33 bits per heavy atom. The largest absolute Gasteiger partial charge is 0.466 e. The summed E-state index contributed by atoms with van der Waals surface area (Å²) in [4.78, 5) is 21.0. The zero-order chi connectivity index (χ0) is 16.7. The number of thiazole rings is 1. The molecule has 1 fully saturated rings. The molecular weight excluding hydrogens is 320 g/mol. The lowest BCUT2D eigenvalue weighted by Crippen LogP contribution is -2.36. The number of rotatable bonds is 3. The summed E-state index contributed by atoms with van der Waals surface area (Å²) in [7, 11) is 0. The SMILES string of the molecule is CCN(C(=O)C1CCCCC1)c1nc2c(s1)CCc1oc(C)cc1-2. The zero-order valence-electron chi connectivity index (χ0n) is 14.4. The van der Waals surface area contributed by atoms with Gasteiger partial charge in [-0.2, -0.15) is 0 Å². The highest BCUT2D eigenvalue weighted by molar-refractivity contribution is 7.16. The van der Waals surface area contributed by atoms with Crippen molar-refractivity contribution in [2.24, 2.45) is 5.92 Å². The summed E-state index contributed by atoms with van der Waals surface area (Å²) < 4.78 is 5.79. The fourth-order valence-corrected chi connectivity index (χ4v) is 5.11. The number of aryl methyl sites for hydroxylation is 3. The van der Waals surface area contributed by atoms with Gasteiger partial charge in [-0.3, -0.25) is 9.69 Å². The van der Waals surface area contributed by atoms with E-state index in [0.29, 0.717) is 6.54 Å². The van der Waals surface area contributed by atoms with Crippen LogP contribution in [0, 0.1) is 12.8 Å². The van der Waals surface area contributed by atoms with E-state index in [-0.39, 0.29) is 11.8 Å². The van der Waals surface area contributed by atoms with Crippen LogP contribution in [-0.2, 0) is 17.6 Å². The first kappa shape index (κ1) is 15.9. The Kier molecular flexibility index (Phi) is 4.21. The third-order valence-electron chi connectivity index (χ3n) is 5.22. The minimum absolute atomic E-state index is 0.186. The molecule has 0 aromatic carbocycles. The summed E-state index contributed by atoms with van der Waals surface area (Å²) in [5.41, 5.74) is 2.15. The van der Waals surface area contributed by atoms with Gasteiger partial charge >= 0.3 is 0 Å². The van der Waals surface area contributed by atoms with E-state index >= 15 is 0 Å². The Morgan fingerprint density at radius 3 is 2.88 bits per heavy atom. The van der Waals surface area contributed by atoms with Crippen molar-refractivity contribution >= 4 is 22.4 Å². The Bertz CT molecular complexity index is 756. The van der Waals surface area contributed by atoms with E-state index in [1.54, 1.807) is 11.3 Å². The van der Waals surface area contributed by atoms with Crippen LogP contribution in [0.15, 0.2) is 10.5 Å². The van der Waals surface area contributed by atoms with Gasteiger partial charge in [0.05, 0.1) is 5.69 Å². The second-order valence-electron chi connectivity index (χ2n) is 6.88. The number of aromatic nitrogens is 1. The normalized spacial score (nSPS) is 17.4. The van der Waals surface area contributed by atoms with Gasteiger partial charge in [0, 0.05) is 29.3 Å². The van der Waals surface area contributed by atoms with Crippen molar-refractivity contribution in [2.75, 3.05) is 11.4 Å². The van der Waals surface area contributed by atoms with Crippen LogP contribution in [0.3, 0.4) is 0 Å². The topological polar surface area (TPSA) is 46.3 Å². The van der Waals surface area contributed by atoms with Gasteiger partial charge in [0.1, 0.15) is 11.5 Å². The van der Waals surface area contributed by atoms with Crippen molar-refractivity contribution in [2.45, 2.75) is 58.8 Å². The molecule has 2 aliphatic carbocycles. The monoisotopic (exact) mass is 344 g/mol. The van der Waals surface area contributed by atoms with E-state index in [2.05, 4.69) is 13.0 Å². The summed E-state index contributed by atoms with van der Waals surface area (Å²) in [6.45, 7) is 4.73. The molecule has 0 atom stereocenters. The fourth-order valence-electron chi connectivity index (χ4n) is 3.97. The molecule has 0 unspecified atom stereocenters. The van der Waals surface area contributed by atoms with E-state index in [1.807, 2.05) is 11.8 Å². The summed E-state index contributed by atoms with van der Waals surface area (Å²) in [6.07, 6.45) is 7.59. The lowest BCUT2D eigenvalue weighted by Gasteiger charge is -2.26. The maximum atomic E-state index is 13.0. The molecule has 0 spiro atoms. The Hall–Kier alpha value is -1.62. The number of carbonyl (C=O) groups excluding carboxylic acids is 1. The quantitative estimate of drug-likeness (QED) is 0.807. The number of hydrogen-bond acceptors (Lipinski definition) is 4. The Balaban J connectivity index is 1.64. The van der Waals surface area contributed by atoms with Crippen molar-refractivity contribution in [3.8, 4) is 11.3 Å². The van der Waals surface area contributed by atoms with Crippen LogP contribution in [-0.4, -0.2) is 17.4 Å². The maximum absolute atomic E-state index is 13.0. The molecule has 2 aromatic heterocycles. The number of hydrogen-bond donors (Lipinski definition) is 0. The van der Waals surface area contributed by atoms with E-state index in [9.17, 15) is 4.79 Å². The second kappa shape index (κ2) is 6.36. The molecule has 2 heterocycles. The minimum Gasteiger partial charge on any atom is -0.466 e. The molecule has 4 rings (SSSR count). The van der Waals surface area contributed by atoms with Gasteiger partial charge in [0.25, 0.3) is 0 Å². The van der Waals surface area contributed by atoms with Crippen LogP contribution in [0.1, 0.15) is 55.4 Å². The molecular formula is C19H24N2O2S. The molecule has 1 saturated carbocycles. The predicted molar refractivity (Wildman–Crippen MR) is 96.6 cm³/mol. The lowest BCUT2D eigenvalue weighted by molar-refractivity contribution is -0.123. The molecule has 0 radical (unpaired) electrons. The van der Waals surface area contributed by atoms with Crippen LogP contribution >= 0.6 is 11.3 Å². The van der Waals surface area contributed by atoms with Gasteiger partial charge in [-0.15, -0.1) is 11.3 Å². The standard InChI is InChI=1S/C19H24N2O2S/c1-3-21(18(22)13-7-5-4-6-8-13)19-20-17-14-11-12(2)23-15(14)9-10-16(17)24-19/h11,13H,3-10H2,1-2H3. The highest BCUT2D eigenvalue weighted by atomic mass is 32.1. The third kappa shape index (κ3) is 2.69. The molecule has 0 N–H and O–H groups in total. The van der Waals surface area contributed by atoms with E-state index in [0.717, 1.165) is 53.6 Å². The number of fused-ring (bicyclic) bond motifs is 3. The van der Waals surface area contributed by atoms with E-state index < -0.39 is 0 Å². The number of carbonyl (C=O) groups is 1. The summed E-state index contributed by atoms with van der Waals surface area (Å²) in [5, 5.41) is 0.866. The molecule has 24 heavy (non-hydrogen) atoms. The van der Waals surface area contributed by atoms with Crippen LogP contribution in [0.25, 0.3) is 11.3 Å². The van der Waals surface area contributed by atoms with Crippen LogP contribution < -0.4 is 4.90 Å². The Morgan fingerprint density at radius 2 is 2.12 bits per heavy atom. The van der Waals surface area contributed by atoms with Crippen molar-refractivity contribution in [1.29, 1.82) is 0 Å². The number of anilines is 1. The van der Waals surface area contributed by atoms with Gasteiger partial charge in [-0.25, -0.2) is 4.98 Å². The van der Waals surface area contributed by atoms with E-state index in [4.69, 9.17) is 9.40 Å². The summed E-state index contributed by atoms with van der Waals surface area (Å²) in [6, 6.07) is 2.08. The number of amides is 1. The van der Waals surface area contributed by atoms with E-state index in [1.165, 1.54) is 24.1 Å². The lowest BCUT2D eigenvalue weighted by atomic mass is 9.88. The van der Waals surface area contributed by atoms with Gasteiger partial charge < -0.3 is 4.42 Å². The zero-order valence-corrected chi connectivity index (χ0v) is 15.2. The summed E-state index contributed by atoms with van der Waals surface area (Å²) >= 11 is 1.69. The highest BCUT2D eigenvalue weighted by Crippen LogP contribution is 2.41. The average molecular weight is 344 g/mol. The van der Waals surface area contributed by atoms with Crippen molar-refractivity contribution in [1.82, 2.24) is 4.98 Å². The number of furan rings is 1. The first-order chi connectivity index (χ1) is 11.7. The van der Waals surface area contributed by atoms with Crippen molar-refractivity contribution in [3.05, 3.63) is 22.5 Å². The van der Waals surface area contributed by atoms with Gasteiger partial charge in [-0.05, 0) is 39.2 Å². The molecule has 128 valence electrons. The van der Waals surface area contributed by atoms with Crippen LogP contribution in [0.5, 0.6) is 0 Å².